The second kappa shape index (κ2) is 6.70. The quantitative estimate of drug-likeness (QED) is 0.794. The van der Waals surface area contributed by atoms with Crippen molar-refractivity contribution < 1.29 is 18.8 Å². The highest BCUT2D eigenvalue weighted by Gasteiger charge is 2.52. The molecule has 3 rings (SSSR count). The Morgan fingerprint density at radius 2 is 1.71 bits per heavy atom. The minimum absolute atomic E-state index is 0.330. The van der Waals surface area contributed by atoms with E-state index in [-0.39, 0.29) is 18.3 Å². The SMILES string of the molecule is Cc1ccc(OCC2CCOCC2)cc1B1OC(C)(C)C(C)(C)O1. The van der Waals surface area contributed by atoms with Crippen LogP contribution in [-0.2, 0) is 14.0 Å². The molecule has 0 aliphatic carbocycles. The topological polar surface area (TPSA) is 36.9 Å². The molecule has 0 N–H and O–H groups in total. The van der Waals surface area contributed by atoms with E-state index < -0.39 is 0 Å². The van der Waals surface area contributed by atoms with Gasteiger partial charge in [0.25, 0.3) is 0 Å². The molecule has 1 aromatic carbocycles. The van der Waals surface area contributed by atoms with Crippen LogP contribution in [0.1, 0.15) is 46.1 Å². The van der Waals surface area contributed by atoms with Crippen LogP contribution in [0.25, 0.3) is 0 Å². The van der Waals surface area contributed by atoms with E-state index in [1.54, 1.807) is 0 Å². The third-order valence-electron chi connectivity index (χ3n) is 5.58. The summed E-state index contributed by atoms with van der Waals surface area (Å²) in [5.74, 6) is 1.47. The van der Waals surface area contributed by atoms with E-state index in [0.29, 0.717) is 5.92 Å². The monoisotopic (exact) mass is 332 g/mol. The highest BCUT2D eigenvalue weighted by Crippen LogP contribution is 2.37. The lowest BCUT2D eigenvalue weighted by molar-refractivity contribution is 0.00578. The lowest BCUT2D eigenvalue weighted by Gasteiger charge is -2.32. The van der Waals surface area contributed by atoms with Crippen molar-refractivity contribution in [3.63, 3.8) is 0 Å². The van der Waals surface area contributed by atoms with Gasteiger partial charge in [0.2, 0.25) is 0 Å². The fraction of sp³-hybridized carbons (Fsp3) is 0.684. The molecule has 1 aromatic rings. The summed E-state index contributed by atoms with van der Waals surface area (Å²) < 4.78 is 23.8. The first-order valence-electron chi connectivity index (χ1n) is 8.95. The number of rotatable bonds is 4. The summed E-state index contributed by atoms with van der Waals surface area (Å²) in [5.41, 5.74) is 1.55. The van der Waals surface area contributed by atoms with Gasteiger partial charge >= 0.3 is 7.12 Å². The third-order valence-corrected chi connectivity index (χ3v) is 5.58. The molecule has 0 aromatic heterocycles. The molecule has 2 saturated heterocycles. The minimum atomic E-state index is -0.346. The molecule has 2 fully saturated rings. The van der Waals surface area contributed by atoms with E-state index >= 15 is 0 Å². The second-order valence-electron chi connectivity index (χ2n) is 7.97. The van der Waals surface area contributed by atoms with Crippen molar-refractivity contribution in [3.05, 3.63) is 23.8 Å². The molecule has 0 unspecified atom stereocenters. The van der Waals surface area contributed by atoms with Gasteiger partial charge in [-0.1, -0.05) is 11.6 Å². The Morgan fingerprint density at radius 1 is 1.08 bits per heavy atom. The highest BCUT2D eigenvalue weighted by molar-refractivity contribution is 6.62. The third kappa shape index (κ3) is 3.63. The number of aryl methyl sites for hydroxylation is 1. The number of hydrogen-bond acceptors (Lipinski definition) is 4. The van der Waals surface area contributed by atoms with Crippen LogP contribution in [0.5, 0.6) is 5.75 Å². The first kappa shape index (κ1) is 17.8. The zero-order valence-electron chi connectivity index (χ0n) is 15.6. The van der Waals surface area contributed by atoms with Gasteiger partial charge < -0.3 is 18.8 Å². The van der Waals surface area contributed by atoms with Crippen LogP contribution in [0.4, 0.5) is 0 Å². The Labute approximate surface area is 146 Å². The number of benzene rings is 1. The maximum atomic E-state index is 6.19. The molecule has 0 bridgehead atoms. The van der Waals surface area contributed by atoms with Crippen LogP contribution in [0.2, 0.25) is 0 Å². The molecule has 2 aliphatic heterocycles. The van der Waals surface area contributed by atoms with Crippen molar-refractivity contribution in [3.8, 4) is 5.75 Å². The second-order valence-corrected chi connectivity index (χ2v) is 7.97. The van der Waals surface area contributed by atoms with Crippen LogP contribution < -0.4 is 10.2 Å². The van der Waals surface area contributed by atoms with Gasteiger partial charge in [0.15, 0.2) is 0 Å². The Hall–Kier alpha value is -1.04. The van der Waals surface area contributed by atoms with Crippen molar-refractivity contribution >= 4 is 12.6 Å². The molecule has 0 amide bonds. The van der Waals surface area contributed by atoms with Crippen LogP contribution >= 0.6 is 0 Å². The number of hydrogen-bond donors (Lipinski definition) is 0. The van der Waals surface area contributed by atoms with Gasteiger partial charge in [-0.05, 0) is 71.0 Å². The lowest BCUT2D eigenvalue weighted by atomic mass is 9.76. The molecule has 0 atom stereocenters. The Kier molecular flexibility index (Phi) is 4.96. The average molecular weight is 332 g/mol. The summed E-state index contributed by atoms with van der Waals surface area (Å²) in [6.45, 7) is 12.8. The summed E-state index contributed by atoms with van der Waals surface area (Å²) in [4.78, 5) is 0. The first-order valence-corrected chi connectivity index (χ1v) is 8.95. The Bertz CT molecular complexity index is 563. The largest absolute Gasteiger partial charge is 0.495 e. The summed E-state index contributed by atoms with van der Waals surface area (Å²) in [5, 5.41) is 0. The summed E-state index contributed by atoms with van der Waals surface area (Å²) in [7, 11) is -0.346. The summed E-state index contributed by atoms with van der Waals surface area (Å²) in [6.07, 6.45) is 2.16. The van der Waals surface area contributed by atoms with Gasteiger partial charge in [-0.25, -0.2) is 0 Å². The van der Waals surface area contributed by atoms with Gasteiger partial charge in [0.05, 0.1) is 17.8 Å². The molecule has 5 heteroatoms. The standard InChI is InChI=1S/C19H29BO4/c1-14-6-7-16(22-13-15-8-10-21-11-9-15)12-17(14)20-23-18(2,3)19(4,5)24-20/h6-7,12,15H,8-11,13H2,1-5H3. The van der Waals surface area contributed by atoms with Crippen LogP contribution in [0.15, 0.2) is 18.2 Å². The highest BCUT2D eigenvalue weighted by atomic mass is 16.7. The summed E-state index contributed by atoms with van der Waals surface area (Å²) >= 11 is 0. The fourth-order valence-electron chi connectivity index (χ4n) is 3.06. The molecular formula is C19H29BO4. The van der Waals surface area contributed by atoms with E-state index in [9.17, 15) is 0 Å². The van der Waals surface area contributed by atoms with E-state index in [0.717, 1.165) is 49.4 Å². The normalized spacial score (nSPS) is 23.5. The predicted octanol–water partition coefficient (Wildman–Crippen LogP) is 3.10. The van der Waals surface area contributed by atoms with Crippen LogP contribution in [0, 0.1) is 12.8 Å². The van der Waals surface area contributed by atoms with Crippen molar-refractivity contribution in [2.75, 3.05) is 19.8 Å². The van der Waals surface area contributed by atoms with Crippen molar-refractivity contribution in [1.29, 1.82) is 0 Å². The molecule has 24 heavy (non-hydrogen) atoms. The Morgan fingerprint density at radius 3 is 2.33 bits per heavy atom. The zero-order chi connectivity index (χ0) is 17.4. The van der Waals surface area contributed by atoms with Gasteiger partial charge in [0.1, 0.15) is 5.75 Å². The Balaban J connectivity index is 1.70. The average Bonchev–Trinajstić information content (AvgIpc) is 2.75. The van der Waals surface area contributed by atoms with Crippen molar-refractivity contribution in [1.82, 2.24) is 0 Å². The molecule has 0 radical (unpaired) electrons. The molecule has 0 spiro atoms. The smallest absolute Gasteiger partial charge is 0.493 e. The van der Waals surface area contributed by atoms with E-state index in [4.69, 9.17) is 18.8 Å². The maximum absolute atomic E-state index is 6.19. The van der Waals surface area contributed by atoms with Gasteiger partial charge in [-0.3, -0.25) is 0 Å². The van der Waals surface area contributed by atoms with E-state index in [2.05, 4.69) is 46.8 Å². The van der Waals surface area contributed by atoms with Gasteiger partial charge in [-0.15, -0.1) is 0 Å². The van der Waals surface area contributed by atoms with Crippen molar-refractivity contribution in [2.24, 2.45) is 5.92 Å². The van der Waals surface area contributed by atoms with E-state index in [1.165, 1.54) is 0 Å². The first-order chi connectivity index (χ1) is 11.3. The van der Waals surface area contributed by atoms with E-state index in [1.807, 2.05) is 6.07 Å². The maximum Gasteiger partial charge on any atom is 0.495 e. The lowest BCUT2D eigenvalue weighted by Crippen LogP contribution is -2.41. The van der Waals surface area contributed by atoms with Crippen LogP contribution in [-0.4, -0.2) is 38.1 Å². The van der Waals surface area contributed by atoms with Crippen molar-refractivity contribution in [2.45, 2.75) is 58.7 Å². The van der Waals surface area contributed by atoms with Gasteiger partial charge in [0, 0.05) is 13.2 Å². The molecule has 0 saturated carbocycles. The predicted molar refractivity (Wildman–Crippen MR) is 95.9 cm³/mol. The summed E-state index contributed by atoms with van der Waals surface area (Å²) in [6, 6.07) is 6.18. The minimum Gasteiger partial charge on any atom is -0.493 e. The zero-order valence-corrected chi connectivity index (χ0v) is 15.6. The molecule has 2 heterocycles. The molecule has 132 valence electrons. The van der Waals surface area contributed by atoms with Gasteiger partial charge in [-0.2, -0.15) is 0 Å². The molecule has 4 nitrogen and oxygen atoms in total. The molecular weight excluding hydrogens is 303 g/mol. The van der Waals surface area contributed by atoms with Crippen LogP contribution in [0.3, 0.4) is 0 Å². The molecule has 2 aliphatic rings. The fourth-order valence-corrected chi connectivity index (χ4v) is 3.06. The number of ether oxygens (including phenoxy) is 2.